The Morgan fingerprint density at radius 2 is 1.96 bits per heavy atom. The van der Waals surface area contributed by atoms with E-state index in [4.69, 9.17) is 4.52 Å². The van der Waals surface area contributed by atoms with Gasteiger partial charge in [0.2, 0.25) is 16.9 Å². The van der Waals surface area contributed by atoms with E-state index in [-0.39, 0.29) is 5.82 Å². The summed E-state index contributed by atoms with van der Waals surface area (Å²) in [5.74, 6) is 2.94. The summed E-state index contributed by atoms with van der Waals surface area (Å²) in [6.45, 7) is 0. The largest absolute Gasteiger partial charge is 0.338 e. The molecule has 0 saturated heterocycles. The first-order valence-corrected chi connectivity index (χ1v) is 9.87. The lowest BCUT2D eigenvalue weighted by atomic mass is 10.0. The predicted octanol–water partition coefficient (Wildman–Crippen LogP) is 4.41. The quantitative estimate of drug-likeness (QED) is 0.618. The van der Waals surface area contributed by atoms with Gasteiger partial charge in [0.1, 0.15) is 11.6 Å². The number of rotatable bonds is 7. The second-order valence-electron chi connectivity index (χ2n) is 6.56. The van der Waals surface area contributed by atoms with Gasteiger partial charge in [-0.15, -0.1) is 5.10 Å². The summed E-state index contributed by atoms with van der Waals surface area (Å²) in [6, 6.07) is 6.01. The monoisotopic (exact) mass is 373 g/mol. The maximum Gasteiger partial charge on any atom is 0.237 e. The van der Waals surface area contributed by atoms with E-state index in [1.807, 2.05) is 0 Å². The van der Waals surface area contributed by atoms with Gasteiger partial charge in [0.05, 0.1) is 5.75 Å². The maximum atomic E-state index is 13.0. The van der Waals surface area contributed by atoms with Gasteiger partial charge in [-0.05, 0) is 36.6 Å². The molecule has 1 aliphatic carbocycles. The Hall–Kier alpha value is -2.22. The van der Waals surface area contributed by atoms with Gasteiger partial charge in [-0.1, -0.05) is 42.6 Å². The van der Waals surface area contributed by atoms with Crippen molar-refractivity contribution in [3.05, 3.63) is 41.8 Å². The molecule has 1 aliphatic rings. The van der Waals surface area contributed by atoms with E-state index >= 15 is 0 Å². The number of aromatic nitrogens is 5. The van der Waals surface area contributed by atoms with Crippen LogP contribution < -0.4 is 0 Å². The van der Waals surface area contributed by atoms with Crippen molar-refractivity contribution in [2.24, 2.45) is 5.92 Å². The molecule has 0 unspecified atom stereocenters. The molecule has 2 aromatic heterocycles. The first-order valence-electron chi connectivity index (χ1n) is 8.89. The SMILES string of the molecule is Fc1ccc(-c2noc(CSc3n[nH]c(CCC4CCCC4)n3)n2)cc1. The van der Waals surface area contributed by atoms with Crippen LogP contribution in [0.15, 0.2) is 33.9 Å². The average Bonchev–Trinajstić information content (AvgIpc) is 3.40. The van der Waals surface area contributed by atoms with Crippen LogP contribution in [0.3, 0.4) is 0 Å². The molecule has 0 aliphatic heterocycles. The highest BCUT2D eigenvalue weighted by Crippen LogP contribution is 2.28. The van der Waals surface area contributed by atoms with Gasteiger partial charge < -0.3 is 4.52 Å². The fourth-order valence-electron chi connectivity index (χ4n) is 3.25. The summed E-state index contributed by atoms with van der Waals surface area (Å²) in [7, 11) is 0. The van der Waals surface area contributed by atoms with Crippen LogP contribution >= 0.6 is 11.8 Å². The van der Waals surface area contributed by atoms with Crippen LogP contribution in [0.25, 0.3) is 11.4 Å². The zero-order chi connectivity index (χ0) is 17.8. The molecule has 136 valence electrons. The van der Waals surface area contributed by atoms with Crippen LogP contribution in [-0.2, 0) is 12.2 Å². The van der Waals surface area contributed by atoms with Crippen molar-refractivity contribution < 1.29 is 8.91 Å². The Bertz CT molecular complexity index is 841. The van der Waals surface area contributed by atoms with Crippen molar-refractivity contribution in [2.75, 3.05) is 0 Å². The van der Waals surface area contributed by atoms with Gasteiger partial charge in [-0.3, -0.25) is 5.10 Å². The second kappa shape index (κ2) is 7.99. The number of aryl methyl sites for hydroxylation is 1. The van der Waals surface area contributed by atoms with Crippen LogP contribution in [-0.4, -0.2) is 25.3 Å². The predicted molar refractivity (Wildman–Crippen MR) is 95.9 cm³/mol. The molecule has 0 amide bonds. The molecular weight excluding hydrogens is 353 g/mol. The van der Waals surface area contributed by atoms with Gasteiger partial charge in [0, 0.05) is 12.0 Å². The summed E-state index contributed by atoms with van der Waals surface area (Å²) in [6.07, 6.45) is 7.57. The number of hydrogen-bond donors (Lipinski definition) is 1. The Labute approximate surface area is 155 Å². The molecule has 1 fully saturated rings. The van der Waals surface area contributed by atoms with Crippen molar-refractivity contribution in [1.82, 2.24) is 25.3 Å². The number of halogens is 1. The molecular formula is C18H20FN5OS. The molecule has 1 N–H and O–H groups in total. The van der Waals surface area contributed by atoms with Crippen molar-refractivity contribution in [1.29, 1.82) is 0 Å². The van der Waals surface area contributed by atoms with E-state index in [9.17, 15) is 4.39 Å². The Balaban J connectivity index is 1.29. The number of nitrogens with zero attached hydrogens (tertiary/aromatic N) is 4. The smallest absolute Gasteiger partial charge is 0.237 e. The number of thioether (sulfide) groups is 1. The van der Waals surface area contributed by atoms with Crippen molar-refractivity contribution >= 4 is 11.8 Å². The summed E-state index contributed by atoms with van der Waals surface area (Å²) in [5, 5.41) is 11.9. The van der Waals surface area contributed by atoms with E-state index in [1.54, 1.807) is 12.1 Å². The van der Waals surface area contributed by atoms with Crippen LogP contribution in [0.2, 0.25) is 0 Å². The van der Waals surface area contributed by atoms with Crippen LogP contribution in [0.1, 0.15) is 43.8 Å². The van der Waals surface area contributed by atoms with Crippen molar-refractivity contribution in [3.8, 4) is 11.4 Å². The number of aromatic amines is 1. The van der Waals surface area contributed by atoms with Crippen LogP contribution in [0.4, 0.5) is 4.39 Å². The molecule has 2 heterocycles. The Kier molecular flexibility index (Phi) is 5.29. The standard InChI is InChI=1S/C18H20FN5OS/c19-14-8-6-13(7-9-14)17-21-16(25-24-17)11-26-18-20-15(22-23-18)10-5-12-3-1-2-4-12/h6-9,12H,1-5,10-11H2,(H,20,22,23). The summed E-state index contributed by atoms with van der Waals surface area (Å²) in [5.41, 5.74) is 0.721. The number of nitrogens with one attached hydrogen (secondary N) is 1. The van der Waals surface area contributed by atoms with E-state index < -0.39 is 0 Å². The highest BCUT2D eigenvalue weighted by atomic mass is 32.2. The zero-order valence-electron chi connectivity index (χ0n) is 14.3. The molecule has 1 saturated carbocycles. The summed E-state index contributed by atoms with van der Waals surface area (Å²) in [4.78, 5) is 8.86. The van der Waals surface area contributed by atoms with Crippen LogP contribution in [0.5, 0.6) is 0 Å². The molecule has 4 rings (SSSR count). The summed E-state index contributed by atoms with van der Waals surface area (Å²) >= 11 is 1.45. The molecule has 6 nitrogen and oxygen atoms in total. The lowest BCUT2D eigenvalue weighted by Crippen LogP contribution is -1.97. The minimum absolute atomic E-state index is 0.290. The molecule has 1 aromatic carbocycles. The minimum Gasteiger partial charge on any atom is -0.338 e. The number of hydrogen-bond acceptors (Lipinski definition) is 6. The molecule has 8 heteroatoms. The Morgan fingerprint density at radius 1 is 1.15 bits per heavy atom. The van der Waals surface area contributed by atoms with Gasteiger partial charge in [0.25, 0.3) is 0 Å². The van der Waals surface area contributed by atoms with Gasteiger partial charge in [-0.2, -0.15) is 4.98 Å². The van der Waals surface area contributed by atoms with E-state index in [1.165, 1.54) is 56.0 Å². The second-order valence-corrected chi connectivity index (χ2v) is 7.50. The molecule has 0 bridgehead atoms. The van der Waals surface area contributed by atoms with Gasteiger partial charge in [-0.25, -0.2) is 9.37 Å². The lowest BCUT2D eigenvalue weighted by molar-refractivity contribution is 0.391. The first kappa shape index (κ1) is 17.2. The zero-order valence-corrected chi connectivity index (χ0v) is 15.1. The fourth-order valence-corrected chi connectivity index (χ4v) is 3.90. The molecule has 0 spiro atoms. The first-order chi connectivity index (χ1) is 12.8. The van der Waals surface area contributed by atoms with Crippen LogP contribution in [0, 0.1) is 11.7 Å². The minimum atomic E-state index is -0.290. The summed E-state index contributed by atoms with van der Waals surface area (Å²) < 4.78 is 18.2. The number of H-pyrrole nitrogens is 1. The molecule has 3 aromatic rings. The molecule has 0 atom stereocenters. The van der Waals surface area contributed by atoms with Crippen molar-refractivity contribution in [3.63, 3.8) is 0 Å². The van der Waals surface area contributed by atoms with Gasteiger partial charge >= 0.3 is 0 Å². The average molecular weight is 373 g/mol. The van der Waals surface area contributed by atoms with E-state index in [2.05, 4.69) is 25.3 Å². The lowest BCUT2D eigenvalue weighted by Gasteiger charge is -2.05. The van der Waals surface area contributed by atoms with Gasteiger partial charge in [0.15, 0.2) is 0 Å². The number of benzene rings is 1. The molecule has 26 heavy (non-hydrogen) atoms. The Morgan fingerprint density at radius 3 is 2.77 bits per heavy atom. The third kappa shape index (κ3) is 4.30. The third-order valence-corrected chi connectivity index (χ3v) is 5.50. The molecule has 0 radical (unpaired) electrons. The van der Waals surface area contributed by atoms with E-state index in [0.29, 0.717) is 22.6 Å². The fraction of sp³-hybridized carbons (Fsp3) is 0.444. The highest BCUT2D eigenvalue weighted by Gasteiger charge is 2.16. The maximum absolute atomic E-state index is 13.0. The highest BCUT2D eigenvalue weighted by molar-refractivity contribution is 7.98. The topological polar surface area (TPSA) is 80.5 Å². The van der Waals surface area contributed by atoms with Crippen molar-refractivity contribution in [2.45, 2.75) is 49.4 Å². The normalized spacial score (nSPS) is 15.0. The van der Waals surface area contributed by atoms with E-state index in [0.717, 1.165) is 23.7 Å². The third-order valence-electron chi connectivity index (χ3n) is 4.67.